The third-order valence-corrected chi connectivity index (χ3v) is 6.42. The highest BCUT2D eigenvalue weighted by atomic mass is 19.4. The van der Waals surface area contributed by atoms with Gasteiger partial charge in [-0.25, -0.2) is 14.4 Å². The minimum absolute atomic E-state index is 0.163. The third kappa shape index (κ3) is 10.5. The van der Waals surface area contributed by atoms with Crippen molar-refractivity contribution in [2.45, 2.75) is 132 Å². The molecule has 0 saturated heterocycles. The first-order chi connectivity index (χ1) is 23.6. The van der Waals surface area contributed by atoms with Crippen molar-refractivity contribution in [3.8, 4) is 0 Å². The lowest BCUT2D eigenvalue weighted by atomic mass is 9.87. The van der Waals surface area contributed by atoms with Crippen LogP contribution < -0.4 is 16.0 Å². The summed E-state index contributed by atoms with van der Waals surface area (Å²) < 4.78 is 250. The van der Waals surface area contributed by atoms with Gasteiger partial charge in [0, 0.05) is 6.54 Å². The van der Waals surface area contributed by atoms with E-state index in [1.807, 2.05) is 0 Å². The smallest absolute Gasteiger partial charge is 0.460 e. The molecular weight excluding hydrogens is 801 g/mol. The summed E-state index contributed by atoms with van der Waals surface area (Å²) in [5.74, 6) is -64.2. The fourth-order valence-electron chi connectivity index (χ4n) is 3.73. The predicted octanol–water partition coefficient (Wildman–Crippen LogP) is 7.24. The summed E-state index contributed by atoms with van der Waals surface area (Å²) in [5.41, 5.74) is -2.81. The topological polar surface area (TPSA) is 132 Å². The highest BCUT2D eigenvalue weighted by Gasteiger charge is 2.95. The Labute approximate surface area is 294 Å². The number of rotatable bonds is 16. The Morgan fingerprint density at radius 2 is 0.926 bits per heavy atom. The molecule has 0 bridgehead atoms. The maximum Gasteiger partial charge on any atom is 0.460 e. The Hall–Kier alpha value is -3.71. The molecule has 0 heterocycles. The summed E-state index contributed by atoms with van der Waals surface area (Å²) >= 11 is 0. The van der Waals surface area contributed by atoms with Gasteiger partial charge in [-0.15, -0.1) is 0 Å². The van der Waals surface area contributed by atoms with Crippen LogP contribution in [-0.4, -0.2) is 109 Å². The largest absolute Gasteiger partial charge is 0.467 e. The van der Waals surface area contributed by atoms with Crippen LogP contribution in [0, 0.1) is 0 Å². The van der Waals surface area contributed by atoms with Crippen LogP contribution in [0.2, 0.25) is 0 Å². The number of unbranched alkanes of at least 4 members (excludes halogenated alkanes) is 1. The molecule has 2 atom stereocenters. The molecule has 54 heavy (non-hydrogen) atoms. The number of carbonyl (C=O) groups excluding carboxylic acids is 4. The number of ether oxygens (including phenoxy) is 3. The van der Waals surface area contributed by atoms with Crippen molar-refractivity contribution in [1.29, 1.82) is 0 Å². The molecule has 0 spiro atoms. The van der Waals surface area contributed by atoms with E-state index in [0.29, 0.717) is 12.4 Å². The molecule has 0 aromatic rings. The number of carbonyl (C=O) groups is 4. The molecule has 3 amide bonds. The lowest BCUT2D eigenvalue weighted by molar-refractivity contribution is -0.462. The minimum atomic E-state index is -8.96. The average molecular weight is 836 g/mol. The van der Waals surface area contributed by atoms with E-state index in [4.69, 9.17) is 4.74 Å². The van der Waals surface area contributed by atoms with Crippen molar-refractivity contribution in [2.24, 2.45) is 0 Å². The molecule has 0 aliphatic rings. The van der Waals surface area contributed by atoms with Gasteiger partial charge in [0.2, 0.25) is 5.91 Å². The Morgan fingerprint density at radius 1 is 0.537 bits per heavy atom. The van der Waals surface area contributed by atoms with Crippen molar-refractivity contribution in [2.75, 3.05) is 13.7 Å². The Morgan fingerprint density at radius 3 is 1.31 bits per heavy atom. The summed E-state index contributed by atoms with van der Waals surface area (Å²) in [6.45, 7) is 6.97. The summed E-state index contributed by atoms with van der Waals surface area (Å²) in [7, 11) is 0.575. The standard InChI is InChI=1S/C27H34F17N3O7/c1-18(2,3)53-16(50)45-11-9-8-10-12(15(49)52-7)46-14(48)13(47-17(51)54-19(4,5)6)20(28,29)21(30,31)22(32,33)23(34,35)24(36,37)25(38,39)26(40,41)27(42,43)44/h12-13H,8-11H2,1-7H3,(H,45,50)(H,46,48)(H,47,51)/t12-,13?/m0/s1. The molecule has 0 saturated carbocycles. The highest BCUT2D eigenvalue weighted by molar-refractivity contribution is 5.90. The van der Waals surface area contributed by atoms with Crippen LogP contribution in [0.25, 0.3) is 0 Å². The van der Waals surface area contributed by atoms with E-state index in [-0.39, 0.29) is 19.4 Å². The number of hydrogen-bond donors (Lipinski definition) is 3. The van der Waals surface area contributed by atoms with Crippen molar-refractivity contribution >= 4 is 24.1 Å². The van der Waals surface area contributed by atoms with E-state index in [1.165, 1.54) is 26.1 Å². The van der Waals surface area contributed by atoms with Gasteiger partial charge >= 0.3 is 65.8 Å². The fraction of sp³-hybridized carbons (Fsp3) is 0.852. The Balaban J connectivity index is 6.95. The molecule has 10 nitrogen and oxygen atoms in total. The van der Waals surface area contributed by atoms with Crippen molar-refractivity contribution in [1.82, 2.24) is 16.0 Å². The first-order valence-corrected chi connectivity index (χ1v) is 14.7. The molecule has 3 N–H and O–H groups in total. The quantitative estimate of drug-likeness (QED) is 0.0647. The van der Waals surface area contributed by atoms with Gasteiger partial charge in [-0.1, -0.05) is 0 Å². The fourth-order valence-corrected chi connectivity index (χ4v) is 3.73. The first kappa shape index (κ1) is 50.3. The molecule has 27 heteroatoms. The molecule has 0 aromatic heterocycles. The van der Waals surface area contributed by atoms with Crippen molar-refractivity contribution in [3.05, 3.63) is 0 Å². The van der Waals surface area contributed by atoms with Crippen molar-refractivity contribution in [3.63, 3.8) is 0 Å². The van der Waals surface area contributed by atoms with Gasteiger partial charge in [-0.2, -0.15) is 74.6 Å². The zero-order chi connectivity index (χ0) is 43.5. The van der Waals surface area contributed by atoms with Gasteiger partial charge in [0.25, 0.3) is 0 Å². The maximum absolute atomic E-state index is 15.3. The normalized spacial score (nSPS) is 15.5. The number of amides is 3. The van der Waals surface area contributed by atoms with E-state index in [1.54, 1.807) is 0 Å². The van der Waals surface area contributed by atoms with E-state index in [2.05, 4.69) is 14.8 Å². The van der Waals surface area contributed by atoms with Crippen LogP contribution >= 0.6 is 0 Å². The molecule has 0 aliphatic carbocycles. The number of alkyl halides is 17. The van der Waals surface area contributed by atoms with Crippen LogP contribution in [-0.2, 0) is 23.8 Å². The SMILES string of the molecule is COC(=O)[C@H](CCCCNC(=O)OC(C)(C)C)NC(=O)C(NC(=O)OC(C)(C)C)C(F)(F)C(F)(F)C(F)(F)C(F)(F)C(F)(F)C(F)(F)C(F)(F)C(F)(F)F. The number of hydrogen-bond acceptors (Lipinski definition) is 7. The number of nitrogens with one attached hydrogen (secondary N) is 3. The molecule has 0 fully saturated rings. The van der Waals surface area contributed by atoms with Crippen LogP contribution in [0.5, 0.6) is 0 Å². The predicted molar refractivity (Wildman–Crippen MR) is 146 cm³/mol. The van der Waals surface area contributed by atoms with Crippen LogP contribution in [0.3, 0.4) is 0 Å². The molecule has 1 unspecified atom stereocenters. The molecule has 0 radical (unpaired) electrons. The average Bonchev–Trinajstić information content (AvgIpc) is 2.95. The minimum Gasteiger partial charge on any atom is -0.467 e. The van der Waals surface area contributed by atoms with Gasteiger partial charge < -0.3 is 30.2 Å². The van der Waals surface area contributed by atoms with Gasteiger partial charge in [-0.05, 0) is 60.8 Å². The molecule has 318 valence electrons. The second-order valence-corrected chi connectivity index (χ2v) is 13.2. The van der Waals surface area contributed by atoms with Crippen molar-refractivity contribution < 1.29 is 108 Å². The highest BCUT2D eigenvalue weighted by Crippen LogP contribution is 2.64. The molecule has 0 aliphatic heterocycles. The molecule has 0 rings (SSSR count). The summed E-state index contributed by atoms with van der Waals surface area (Å²) in [5, 5.41) is 3.93. The number of esters is 1. The van der Waals surface area contributed by atoms with Gasteiger partial charge in [0.1, 0.15) is 17.2 Å². The van der Waals surface area contributed by atoms with E-state index < -0.39 is 101 Å². The maximum atomic E-state index is 15.3. The van der Waals surface area contributed by atoms with Crippen LogP contribution in [0.1, 0.15) is 60.8 Å². The molecule has 0 aromatic carbocycles. The lowest BCUT2D eigenvalue weighted by Crippen LogP contribution is -2.76. The first-order valence-electron chi connectivity index (χ1n) is 14.7. The zero-order valence-electron chi connectivity index (χ0n) is 28.8. The number of methoxy groups -OCH3 is 1. The second kappa shape index (κ2) is 16.2. The third-order valence-electron chi connectivity index (χ3n) is 6.42. The number of alkyl carbamates (subject to hydrolysis) is 2. The van der Waals surface area contributed by atoms with E-state index in [0.717, 1.165) is 20.8 Å². The monoisotopic (exact) mass is 835 g/mol. The number of halogens is 17. The lowest BCUT2D eigenvalue weighted by Gasteiger charge is -2.43. The van der Waals surface area contributed by atoms with Gasteiger partial charge in [0.15, 0.2) is 6.04 Å². The molecular formula is C27H34F17N3O7. The summed E-state index contributed by atoms with van der Waals surface area (Å²) in [6, 6.07) is -7.05. The van der Waals surface area contributed by atoms with E-state index >= 15 is 8.78 Å². The van der Waals surface area contributed by atoms with Gasteiger partial charge in [0.05, 0.1) is 7.11 Å². The Kier molecular flexibility index (Phi) is 15.1. The Bertz CT molecular complexity index is 1340. The summed E-state index contributed by atoms with van der Waals surface area (Å²) in [4.78, 5) is 48.9. The summed E-state index contributed by atoms with van der Waals surface area (Å²) in [6.07, 6.45) is -12.7. The van der Waals surface area contributed by atoms with E-state index in [9.17, 15) is 85.0 Å². The van der Waals surface area contributed by atoms with Crippen LogP contribution in [0.4, 0.5) is 84.2 Å². The second-order valence-electron chi connectivity index (χ2n) is 13.2. The van der Waals surface area contributed by atoms with Gasteiger partial charge in [-0.3, -0.25) is 4.79 Å². The van der Waals surface area contributed by atoms with Crippen LogP contribution in [0.15, 0.2) is 0 Å². The zero-order valence-corrected chi connectivity index (χ0v) is 28.8.